The number of fused-ring (bicyclic) bond motifs is 1. The number of rotatable bonds is 4. The van der Waals surface area contributed by atoms with E-state index in [1.165, 1.54) is 24.3 Å². The Balaban J connectivity index is 1.70. The molecule has 3 rings (SSSR count). The normalized spacial score (nSPS) is 16.4. The fraction of sp³-hybridized carbons (Fsp3) is 0.235. The van der Waals surface area contributed by atoms with Crippen LogP contribution in [0.2, 0.25) is 0 Å². The molecule has 2 aromatic carbocycles. The molecule has 1 heterocycles. The minimum atomic E-state index is -2.88. The molecule has 120 valence electrons. The standard InChI is InChI=1S/C17H15F2NO3/c18-17(19)23-12-7-5-11(6-8-12)16(21)20-14-9-10-22-15-4-2-1-3-13(14)15/h1-8,14,17H,9-10H2,(H,20,21). The molecule has 1 aliphatic heterocycles. The third-order valence-electron chi connectivity index (χ3n) is 3.61. The van der Waals surface area contributed by atoms with Gasteiger partial charge >= 0.3 is 6.61 Å². The van der Waals surface area contributed by atoms with Gasteiger partial charge in [-0.05, 0) is 30.3 Å². The van der Waals surface area contributed by atoms with Gasteiger partial charge in [0.1, 0.15) is 11.5 Å². The predicted molar refractivity (Wildman–Crippen MR) is 79.8 cm³/mol. The third kappa shape index (κ3) is 3.59. The molecule has 1 unspecified atom stereocenters. The van der Waals surface area contributed by atoms with E-state index < -0.39 is 6.61 Å². The first kappa shape index (κ1) is 15.3. The molecule has 1 atom stereocenters. The van der Waals surface area contributed by atoms with Gasteiger partial charge < -0.3 is 14.8 Å². The summed E-state index contributed by atoms with van der Waals surface area (Å²) in [5.74, 6) is 0.521. The Morgan fingerprint density at radius 2 is 1.91 bits per heavy atom. The van der Waals surface area contributed by atoms with E-state index in [1.54, 1.807) is 0 Å². The molecule has 1 aliphatic rings. The van der Waals surface area contributed by atoms with Crippen LogP contribution in [0.4, 0.5) is 8.78 Å². The average Bonchev–Trinajstić information content (AvgIpc) is 2.55. The topological polar surface area (TPSA) is 47.6 Å². The molecule has 2 aromatic rings. The van der Waals surface area contributed by atoms with Crippen LogP contribution in [0.3, 0.4) is 0 Å². The molecular weight excluding hydrogens is 304 g/mol. The minimum absolute atomic E-state index is 0.0213. The van der Waals surface area contributed by atoms with Crippen molar-refractivity contribution in [2.45, 2.75) is 19.1 Å². The van der Waals surface area contributed by atoms with Crippen molar-refractivity contribution >= 4 is 5.91 Å². The molecule has 0 saturated carbocycles. The van der Waals surface area contributed by atoms with Gasteiger partial charge in [0, 0.05) is 17.5 Å². The first-order valence-corrected chi connectivity index (χ1v) is 7.21. The van der Waals surface area contributed by atoms with Gasteiger partial charge in [-0.3, -0.25) is 4.79 Å². The van der Waals surface area contributed by atoms with Crippen LogP contribution in [-0.2, 0) is 0 Å². The summed E-state index contributed by atoms with van der Waals surface area (Å²) in [6.45, 7) is -2.35. The number of carbonyl (C=O) groups excluding carboxylic acids is 1. The van der Waals surface area contributed by atoms with Crippen molar-refractivity contribution in [3.05, 3.63) is 59.7 Å². The zero-order chi connectivity index (χ0) is 16.2. The van der Waals surface area contributed by atoms with Gasteiger partial charge in [-0.15, -0.1) is 0 Å². The molecule has 0 aliphatic carbocycles. The number of carbonyl (C=O) groups is 1. The summed E-state index contributed by atoms with van der Waals surface area (Å²) in [7, 11) is 0. The van der Waals surface area contributed by atoms with Crippen molar-refractivity contribution in [1.82, 2.24) is 5.32 Å². The van der Waals surface area contributed by atoms with E-state index in [4.69, 9.17) is 4.74 Å². The molecule has 1 amide bonds. The Morgan fingerprint density at radius 1 is 1.17 bits per heavy atom. The number of hydrogen-bond acceptors (Lipinski definition) is 3. The number of nitrogens with one attached hydrogen (secondary N) is 1. The van der Waals surface area contributed by atoms with Crippen molar-refractivity contribution in [2.75, 3.05) is 6.61 Å². The van der Waals surface area contributed by atoms with E-state index >= 15 is 0 Å². The molecule has 0 spiro atoms. The highest BCUT2D eigenvalue weighted by Crippen LogP contribution is 2.31. The van der Waals surface area contributed by atoms with Gasteiger partial charge in [-0.1, -0.05) is 18.2 Å². The highest BCUT2D eigenvalue weighted by atomic mass is 19.3. The van der Waals surface area contributed by atoms with Crippen LogP contribution in [0.1, 0.15) is 28.4 Å². The maximum Gasteiger partial charge on any atom is 0.387 e. The lowest BCUT2D eigenvalue weighted by Gasteiger charge is -2.26. The fourth-order valence-corrected chi connectivity index (χ4v) is 2.52. The summed E-state index contributed by atoms with van der Waals surface area (Å²) in [5, 5.41) is 2.94. The van der Waals surface area contributed by atoms with Crippen LogP contribution in [-0.4, -0.2) is 19.1 Å². The van der Waals surface area contributed by atoms with E-state index in [1.807, 2.05) is 24.3 Å². The van der Waals surface area contributed by atoms with Crippen LogP contribution in [0, 0.1) is 0 Å². The van der Waals surface area contributed by atoms with Crippen molar-refractivity contribution < 1.29 is 23.0 Å². The van der Waals surface area contributed by atoms with Gasteiger partial charge in [-0.25, -0.2) is 0 Å². The number of para-hydroxylation sites is 1. The number of hydrogen-bond donors (Lipinski definition) is 1. The monoisotopic (exact) mass is 319 g/mol. The summed E-state index contributed by atoms with van der Waals surface area (Å²) in [6.07, 6.45) is 0.676. The van der Waals surface area contributed by atoms with Crippen LogP contribution in [0.5, 0.6) is 11.5 Å². The Hall–Kier alpha value is -2.63. The Bertz CT molecular complexity index is 688. The van der Waals surface area contributed by atoms with Crippen LogP contribution >= 0.6 is 0 Å². The van der Waals surface area contributed by atoms with E-state index in [2.05, 4.69) is 10.1 Å². The van der Waals surface area contributed by atoms with Crippen LogP contribution < -0.4 is 14.8 Å². The maximum atomic E-state index is 12.3. The van der Waals surface area contributed by atoms with Crippen LogP contribution in [0.15, 0.2) is 48.5 Å². The second-order valence-electron chi connectivity index (χ2n) is 5.10. The van der Waals surface area contributed by atoms with E-state index in [0.29, 0.717) is 18.6 Å². The molecule has 1 N–H and O–H groups in total. The van der Waals surface area contributed by atoms with E-state index in [9.17, 15) is 13.6 Å². The summed E-state index contributed by atoms with van der Waals surface area (Å²) < 4.78 is 34.1. The molecule has 0 aromatic heterocycles. The van der Waals surface area contributed by atoms with Crippen molar-refractivity contribution in [3.8, 4) is 11.5 Å². The lowest BCUT2D eigenvalue weighted by molar-refractivity contribution is -0.0498. The average molecular weight is 319 g/mol. The third-order valence-corrected chi connectivity index (χ3v) is 3.61. The highest BCUT2D eigenvalue weighted by molar-refractivity contribution is 5.94. The lowest BCUT2D eigenvalue weighted by atomic mass is 10.00. The molecule has 23 heavy (non-hydrogen) atoms. The molecule has 6 heteroatoms. The zero-order valence-corrected chi connectivity index (χ0v) is 12.2. The molecule has 0 fully saturated rings. The fourth-order valence-electron chi connectivity index (χ4n) is 2.52. The summed E-state index contributed by atoms with van der Waals surface area (Å²) in [5.41, 5.74) is 1.32. The van der Waals surface area contributed by atoms with Gasteiger partial charge in [0.15, 0.2) is 0 Å². The number of halogens is 2. The van der Waals surface area contributed by atoms with Gasteiger partial charge in [0.2, 0.25) is 0 Å². The summed E-state index contributed by atoms with van der Waals surface area (Å²) >= 11 is 0. The second-order valence-corrected chi connectivity index (χ2v) is 5.10. The van der Waals surface area contributed by atoms with Crippen molar-refractivity contribution in [1.29, 1.82) is 0 Å². The predicted octanol–water partition coefficient (Wildman–Crippen LogP) is 3.54. The molecule has 4 nitrogen and oxygen atoms in total. The molecular formula is C17H15F2NO3. The van der Waals surface area contributed by atoms with Gasteiger partial charge in [0.05, 0.1) is 12.6 Å². The molecule has 0 radical (unpaired) electrons. The SMILES string of the molecule is O=C(NC1CCOc2ccccc21)c1ccc(OC(F)F)cc1. The minimum Gasteiger partial charge on any atom is -0.493 e. The summed E-state index contributed by atoms with van der Waals surface area (Å²) in [6, 6.07) is 13.0. The van der Waals surface area contributed by atoms with Crippen molar-refractivity contribution in [2.24, 2.45) is 0 Å². The first-order valence-electron chi connectivity index (χ1n) is 7.21. The lowest BCUT2D eigenvalue weighted by Crippen LogP contribution is -2.32. The van der Waals surface area contributed by atoms with E-state index in [-0.39, 0.29) is 17.7 Å². The van der Waals surface area contributed by atoms with Crippen molar-refractivity contribution in [3.63, 3.8) is 0 Å². The Morgan fingerprint density at radius 3 is 2.65 bits per heavy atom. The molecule has 0 bridgehead atoms. The second kappa shape index (κ2) is 6.64. The number of ether oxygens (including phenoxy) is 2. The largest absolute Gasteiger partial charge is 0.493 e. The summed E-state index contributed by atoms with van der Waals surface area (Å²) in [4.78, 5) is 12.3. The van der Waals surface area contributed by atoms with E-state index in [0.717, 1.165) is 11.3 Å². The highest BCUT2D eigenvalue weighted by Gasteiger charge is 2.23. The smallest absolute Gasteiger partial charge is 0.387 e. The first-order chi connectivity index (χ1) is 11.1. The quantitative estimate of drug-likeness (QED) is 0.937. The van der Waals surface area contributed by atoms with Gasteiger partial charge in [-0.2, -0.15) is 8.78 Å². The molecule has 0 saturated heterocycles. The van der Waals surface area contributed by atoms with Crippen LogP contribution in [0.25, 0.3) is 0 Å². The zero-order valence-electron chi connectivity index (χ0n) is 12.2. The Labute approximate surface area is 132 Å². The number of alkyl halides is 2. The number of amides is 1. The van der Waals surface area contributed by atoms with Gasteiger partial charge in [0.25, 0.3) is 5.91 Å². The number of benzene rings is 2. The maximum absolute atomic E-state index is 12.3. The Kier molecular flexibility index (Phi) is 4.41.